The van der Waals surface area contributed by atoms with Crippen molar-refractivity contribution < 1.29 is 63.0 Å². The van der Waals surface area contributed by atoms with Crippen molar-refractivity contribution in [3.05, 3.63) is 35.9 Å². The zero-order chi connectivity index (χ0) is 63.8. The topological polar surface area (TPSA) is 455 Å². The molecule has 0 unspecified atom stereocenters. The Hall–Kier alpha value is -6.29. The molecule has 0 aliphatic carbocycles. The SMILES string of the molecule is CC[C@H](C)CCCCC(=O)C[C@@H](CCN)C(=O)N[C@H](C(=O)C[C@@H](CCN)C(=O)N[C@H]1CCNC(=O)[C@H]([C@@H](C)O)NC(=O)[C@H](CCN)NC(=O)[C@H](CCN)NC(=O)[C@H](CC(C)C)NC(=O)[C@@H](Cc2ccccc2)CC(=O)[C@@H](CCN)NC1=O)[C@@H](C)O. The molecule has 2 rings (SSSR count). The van der Waals surface area contributed by atoms with Crippen LogP contribution in [0.5, 0.6) is 0 Å². The van der Waals surface area contributed by atoms with E-state index < -0.39 is 157 Å². The standard InChI is InChI=1S/C59H101N13O13/c1-7-35(4)13-11-12-16-42(75)31-39(17-23-60)53(79)71-50(36(5)73)49(77)32-40(18-24-61)52(78)67-46-22-28-65-59(85)51(37(6)74)72-57(83)45(21-27-64)68-55(81)44(20-26-63)69-58(84)47(29-34(2)3)70-54(80)41(30-38-14-9-8-10-15-38)33-48(76)43(19-25-62)66-56(46)82/h8-10,14-15,34-37,39-41,43-47,50-51,73-74H,7,11-13,16-33,60-64H2,1-6H3,(H,65,85)(H,66,82)(H,67,78)(H,68,81)(H,69,84)(H,70,80)(H,71,79)(H,72,83)/t35-,36+,37+,39+,40+,41-,43+,44-,45-,46-,47-,50-,51-/m0/s1. The smallest absolute Gasteiger partial charge is 0.245 e. The summed E-state index contributed by atoms with van der Waals surface area (Å²) in [4.78, 5) is 155. The second kappa shape index (κ2) is 40.2. The van der Waals surface area contributed by atoms with E-state index in [1.54, 1.807) is 30.3 Å². The number of amides is 8. The molecule has 1 fully saturated rings. The average Bonchev–Trinajstić information content (AvgIpc) is 3.67. The van der Waals surface area contributed by atoms with Crippen molar-refractivity contribution in [1.29, 1.82) is 0 Å². The molecule has 85 heavy (non-hydrogen) atoms. The van der Waals surface area contributed by atoms with Crippen molar-refractivity contribution in [2.24, 2.45) is 58.3 Å². The molecule has 13 atom stereocenters. The van der Waals surface area contributed by atoms with Crippen molar-refractivity contribution in [1.82, 2.24) is 42.5 Å². The second-order valence-electron chi connectivity index (χ2n) is 23.0. The molecule has 1 aliphatic heterocycles. The maximum absolute atomic E-state index is 14.6. The van der Waals surface area contributed by atoms with Gasteiger partial charge in [0, 0.05) is 50.0 Å². The number of hydrogen-bond acceptors (Lipinski definition) is 18. The number of nitrogens with one attached hydrogen (secondary N) is 8. The Morgan fingerprint density at radius 3 is 1.71 bits per heavy atom. The average molecular weight is 1200 g/mol. The number of rotatable bonds is 31. The van der Waals surface area contributed by atoms with Crippen LogP contribution in [0.3, 0.4) is 0 Å². The van der Waals surface area contributed by atoms with E-state index in [4.69, 9.17) is 28.7 Å². The maximum atomic E-state index is 14.6. The molecule has 0 aromatic heterocycles. The van der Waals surface area contributed by atoms with Crippen molar-refractivity contribution in [3.8, 4) is 0 Å². The van der Waals surface area contributed by atoms with Crippen molar-refractivity contribution in [2.75, 3.05) is 39.3 Å². The van der Waals surface area contributed by atoms with Gasteiger partial charge in [-0.1, -0.05) is 77.3 Å². The molecular weight excluding hydrogens is 1100 g/mol. The van der Waals surface area contributed by atoms with E-state index in [0.717, 1.165) is 19.3 Å². The number of unbranched alkanes of at least 4 members (excludes halogenated alkanes) is 1. The lowest BCUT2D eigenvalue weighted by molar-refractivity contribution is -0.137. The summed E-state index contributed by atoms with van der Waals surface area (Å²) in [6.45, 7) is 9.45. The number of carbonyl (C=O) groups is 11. The van der Waals surface area contributed by atoms with E-state index in [2.05, 4.69) is 56.4 Å². The third-order valence-electron chi connectivity index (χ3n) is 15.2. The number of aliphatic hydroxyl groups excluding tert-OH is 2. The molecule has 26 nitrogen and oxygen atoms in total. The van der Waals surface area contributed by atoms with Crippen LogP contribution < -0.4 is 71.2 Å². The molecule has 0 saturated carbocycles. The van der Waals surface area contributed by atoms with Crippen LogP contribution in [0, 0.1) is 29.6 Å². The molecule has 0 spiro atoms. The van der Waals surface area contributed by atoms with Crippen LogP contribution in [0.15, 0.2) is 30.3 Å². The summed E-state index contributed by atoms with van der Waals surface area (Å²) in [7, 11) is 0. The highest BCUT2D eigenvalue weighted by Crippen LogP contribution is 2.20. The normalized spacial score (nSPS) is 23.1. The highest BCUT2D eigenvalue weighted by atomic mass is 16.3. The van der Waals surface area contributed by atoms with Crippen LogP contribution in [-0.4, -0.2) is 169 Å². The van der Waals surface area contributed by atoms with Gasteiger partial charge >= 0.3 is 0 Å². The zero-order valence-corrected chi connectivity index (χ0v) is 50.8. The lowest BCUT2D eigenvalue weighted by Crippen LogP contribution is -2.60. The molecular formula is C59H101N13O13. The summed E-state index contributed by atoms with van der Waals surface area (Å²) >= 11 is 0. The third-order valence-corrected chi connectivity index (χ3v) is 15.2. The Morgan fingerprint density at radius 2 is 1.16 bits per heavy atom. The van der Waals surface area contributed by atoms with Gasteiger partial charge in [-0.3, -0.25) is 52.7 Å². The van der Waals surface area contributed by atoms with Crippen LogP contribution in [0.1, 0.15) is 143 Å². The van der Waals surface area contributed by atoms with Gasteiger partial charge in [0.15, 0.2) is 11.6 Å². The molecule has 1 aromatic rings. The minimum atomic E-state index is -1.67. The number of carbonyl (C=O) groups excluding carboxylic acids is 11. The van der Waals surface area contributed by atoms with Gasteiger partial charge in [0.1, 0.15) is 42.0 Å². The summed E-state index contributed by atoms with van der Waals surface area (Å²) in [5, 5.41) is 42.5. The van der Waals surface area contributed by atoms with Gasteiger partial charge in [0.2, 0.25) is 47.3 Å². The first-order valence-corrected chi connectivity index (χ1v) is 30.2. The monoisotopic (exact) mass is 1200 g/mol. The van der Waals surface area contributed by atoms with Gasteiger partial charge < -0.3 is 81.4 Å². The first-order valence-electron chi connectivity index (χ1n) is 30.2. The fraction of sp³-hybridized carbons (Fsp3) is 0.712. The Morgan fingerprint density at radius 1 is 0.624 bits per heavy atom. The minimum Gasteiger partial charge on any atom is -0.391 e. The lowest BCUT2D eigenvalue weighted by atomic mass is 9.89. The summed E-state index contributed by atoms with van der Waals surface area (Å²) in [6, 6.07) is -1.42. The largest absolute Gasteiger partial charge is 0.391 e. The quantitative estimate of drug-likeness (QED) is 0.0359. The van der Waals surface area contributed by atoms with Gasteiger partial charge in [-0.25, -0.2) is 0 Å². The highest BCUT2D eigenvalue weighted by molar-refractivity contribution is 5.99. The van der Waals surface area contributed by atoms with Gasteiger partial charge in [0.05, 0.1) is 18.2 Å². The summed E-state index contributed by atoms with van der Waals surface area (Å²) in [5.74, 6) is -11.3. The first-order chi connectivity index (χ1) is 40.3. The molecule has 1 heterocycles. The number of benzene rings is 1. The molecule has 8 amide bonds. The predicted octanol–water partition coefficient (Wildman–Crippen LogP) is -1.97. The summed E-state index contributed by atoms with van der Waals surface area (Å²) in [6.07, 6.45) is -1.25. The van der Waals surface area contributed by atoms with Gasteiger partial charge in [-0.2, -0.15) is 0 Å². The van der Waals surface area contributed by atoms with E-state index in [1.807, 2.05) is 13.8 Å². The van der Waals surface area contributed by atoms with E-state index >= 15 is 0 Å². The summed E-state index contributed by atoms with van der Waals surface area (Å²) < 4.78 is 0. The molecule has 20 N–H and O–H groups in total. The first kappa shape index (κ1) is 74.8. The number of hydrogen-bond donors (Lipinski definition) is 15. The van der Waals surface area contributed by atoms with Gasteiger partial charge in [0.25, 0.3) is 0 Å². The van der Waals surface area contributed by atoms with Crippen molar-refractivity contribution >= 4 is 64.6 Å². The number of Topliss-reactive ketones (excluding diaryl/α,β-unsaturated/α-hetero) is 3. The third kappa shape index (κ3) is 27.3. The van der Waals surface area contributed by atoms with Crippen LogP contribution in [0.2, 0.25) is 0 Å². The Labute approximate surface area is 500 Å². The number of ketones is 3. The zero-order valence-electron chi connectivity index (χ0n) is 50.8. The number of aliphatic hydroxyl groups is 2. The van der Waals surface area contributed by atoms with E-state index in [1.165, 1.54) is 13.8 Å². The van der Waals surface area contributed by atoms with Crippen molar-refractivity contribution in [2.45, 2.75) is 199 Å². The van der Waals surface area contributed by atoms with E-state index in [0.29, 0.717) is 17.9 Å². The maximum Gasteiger partial charge on any atom is 0.245 e. The number of nitrogens with two attached hydrogens (primary N) is 5. The predicted molar refractivity (Wildman–Crippen MR) is 320 cm³/mol. The summed E-state index contributed by atoms with van der Waals surface area (Å²) in [5.41, 5.74) is 30.2. The molecule has 0 radical (unpaired) electrons. The van der Waals surface area contributed by atoms with Crippen LogP contribution in [0.25, 0.3) is 0 Å². The van der Waals surface area contributed by atoms with E-state index in [-0.39, 0.29) is 102 Å². The lowest BCUT2D eigenvalue weighted by Gasteiger charge is -2.28. The molecule has 26 heteroatoms. The fourth-order valence-corrected chi connectivity index (χ4v) is 9.93. The van der Waals surface area contributed by atoms with Crippen LogP contribution >= 0.6 is 0 Å². The van der Waals surface area contributed by atoms with E-state index in [9.17, 15) is 63.0 Å². The van der Waals surface area contributed by atoms with Gasteiger partial charge in [-0.05, 0) is 122 Å². The molecule has 1 saturated heterocycles. The van der Waals surface area contributed by atoms with Crippen LogP contribution in [-0.2, 0) is 59.2 Å². The Kier molecular flexibility index (Phi) is 35.3. The Balaban J connectivity index is 2.67. The fourth-order valence-electron chi connectivity index (χ4n) is 9.93. The minimum absolute atomic E-state index is 0.000102. The molecule has 1 aliphatic rings. The second-order valence-corrected chi connectivity index (χ2v) is 23.0. The molecule has 480 valence electrons. The van der Waals surface area contributed by atoms with Gasteiger partial charge in [-0.15, -0.1) is 0 Å². The Bertz CT molecular complexity index is 2310. The van der Waals surface area contributed by atoms with Crippen LogP contribution in [0.4, 0.5) is 0 Å². The highest BCUT2D eigenvalue weighted by Gasteiger charge is 2.38. The molecule has 0 bridgehead atoms. The van der Waals surface area contributed by atoms with Crippen molar-refractivity contribution in [3.63, 3.8) is 0 Å². The molecule has 1 aromatic carbocycles.